The molecule has 2 atom stereocenters. The number of nitrogens with one attached hydrogen (secondary N) is 2. The highest BCUT2D eigenvalue weighted by Gasteiger charge is 2.25. The Morgan fingerprint density at radius 1 is 1.22 bits per heavy atom. The van der Waals surface area contributed by atoms with E-state index in [9.17, 15) is 4.79 Å². The summed E-state index contributed by atoms with van der Waals surface area (Å²) >= 11 is 0. The molecule has 0 radical (unpaired) electrons. The summed E-state index contributed by atoms with van der Waals surface area (Å²) in [4.78, 5) is 12.0. The van der Waals surface area contributed by atoms with E-state index in [2.05, 4.69) is 17.6 Å². The Kier molecular flexibility index (Phi) is 5.60. The van der Waals surface area contributed by atoms with Crippen LogP contribution in [0.4, 0.5) is 0 Å². The summed E-state index contributed by atoms with van der Waals surface area (Å²) in [5.41, 5.74) is -0.172. The van der Waals surface area contributed by atoms with E-state index in [1.807, 2.05) is 27.7 Å². The number of hydrogen-bond donors (Lipinski definition) is 2. The number of carbonyl (C=O) groups is 1. The Balaban J connectivity index is 2.38. The average Bonchev–Trinajstić information content (AvgIpc) is 2.27. The Labute approximate surface area is 111 Å². The zero-order valence-electron chi connectivity index (χ0n) is 12.4. The van der Waals surface area contributed by atoms with Gasteiger partial charge in [0.05, 0.1) is 6.04 Å². The normalized spacial score (nSPS) is 21.4. The van der Waals surface area contributed by atoms with Crippen molar-refractivity contribution >= 4 is 5.91 Å². The fraction of sp³-hybridized carbons (Fsp3) is 0.929. The highest BCUT2D eigenvalue weighted by Crippen LogP contribution is 2.18. The molecule has 0 saturated carbocycles. The molecule has 1 rings (SSSR count). The number of hydrogen-bond acceptors (Lipinski definition) is 3. The first-order valence-corrected chi connectivity index (χ1v) is 6.95. The predicted molar refractivity (Wildman–Crippen MR) is 73.5 cm³/mol. The molecule has 106 valence electrons. The monoisotopic (exact) mass is 256 g/mol. The fourth-order valence-electron chi connectivity index (χ4n) is 2.30. The van der Waals surface area contributed by atoms with E-state index in [0.717, 1.165) is 26.1 Å². The SMILES string of the molecule is CC(NC(C)C1CCOCC1)C(=O)NC(C)(C)C. The summed E-state index contributed by atoms with van der Waals surface area (Å²) in [5.74, 6) is 0.685. The summed E-state index contributed by atoms with van der Waals surface area (Å²) in [6.07, 6.45) is 2.17. The van der Waals surface area contributed by atoms with Crippen LogP contribution in [0, 0.1) is 5.92 Å². The van der Waals surface area contributed by atoms with Crippen LogP contribution in [0.1, 0.15) is 47.5 Å². The van der Waals surface area contributed by atoms with Crippen molar-refractivity contribution in [1.29, 1.82) is 0 Å². The Bertz CT molecular complexity index is 267. The van der Waals surface area contributed by atoms with Crippen molar-refractivity contribution < 1.29 is 9.53 Å². The van der Waals surface area contributed by atoms with Gasteiger partial charge < -0.3 is 15.4 Å². The molecule has 1 aliphatic heterocycles. The molecule has 0 aromatic carbocycles. The van der Waals surface area contributed by atoms with Crippen molar-refractivity contribution in [1.82, 2.24) is 10.6 Å². The maximum Gasteiger partial charge on any atom is 0.237 e. The first-order valence-electron chi connectivity index (χ1n) is 6.95. The van der Waals surface area contributed by atoms with Gasteiger partial charge in [-0.25, -0.2) is 0 Å². The first kappa shape index (κ1) is 15.4. The van der Waals surface area contributed by atoms with Crippen LogP contribution in [0.3, 0.4) is 0 Å². The molecule has 1 saturated heterocycles. The lowest BCUT2D eigenvalue weighted by molar-refractivity contribution is -0.124. The second-order valence-corrected chi connectivity index (χ2v) is 6.37. The van der Waals surface area contributed by atoms with Crippen LogP contribution >= 0.6 is 0 Å². The van der Waals surface area contributed by atoms with E-state index < -0.39 is 0 Å². The summed E-state index contributed by atoms with van der Waals surface area (Å²) < 4.78 is 5.36. The molecule has 4 heteroatoms. The van der Waals surface area contributed by atoms with Gasteiger partial charge in [0.25, 0.3) is 0 Å². The molecule has 1 heterocycles. The Morgan fingerprint density at radius 3 is 2.28 bits per heavy atom. The molecule has 0 aromatic heterocycles. The first-order chi connectivity index (χ1) is 8.29. The molecule has 4 nitrogen and oxygen atoms in total. The second kappa shape index (κ2) is 6.53. The summed E-state index contributed by atoms with van der Waals surface area (Å²) in [7, 11) is 0. The predicted octanol–water partition coefficient (Wildman–Crippen LogP) is 1.69. The van der Waals surface area contributed by atoms with Crippen molar-refractivity contribution in [2.75, 3.05) is 13.2 Å². The number of carbonyl (C=O) groups excluding carboxylic acids is 1. The molecule has 1 aliphatic rings. The zero-order valence-corrected chi connectivity index (χ0v) is 12.4. The topological polar surface area (TPSA) is 50.4 Å². The molecule has 1 fully saturated rings. The summed E-state index contributed by atoms with van der Waals surface area (Å²) in [6.45, 7) is 11.8. The van der Waals surface area contributed by atoms with E-state index in [1.165, 1.54) is 0 Å². The van der Waals surface area contributed by atoms with Gasteiger partial charge >= 0.3 is 0 Å². The number of rotatable bonds is 4. The third-order valence-electron chi connectivity index (χ3n) is 3.38. The molecule has 18 heavy (non-hydrogen) atoms. The van der Waals surface area contributed by atoms with Crippen molar-refractivity contribution in [3.63, 3.8) is 0 Å². The molecule has 0 bridgehead atoms. The van der Waals surface area contributed by atoms with Gasteiger partial charge in [-0.3, -0.25) is 4.79 Å². The highest BCUT2D eigenvalue weighted by molar-refractivity contribution is 5.81. The molecular weight excluding hydrogens is 228 g/mol. The molecule has 2 unspecified atom stereocenters. The van der Waals surface area contributed by atoms with Crippen LogP contribution < -0.4 is 10.6 Å². The van der Waals surface area contributed by atoms with Crippen molar-refractivity contribution in [2.24, 2.45) is 5.92 Å². The van der Waals surface area contributed by atoms with E-state index in [1.54, 1.807) is 0 Å². The van der Waals surface area contributed by atoms with Gasteiger partial charge in [-0.2, -0.15) is 0 Å². The van der Waals surface area contributed by atoms with Gasteiger partial charge in [-0.1, -0.05) is 0 Å². The van der Waals surface area contributed by atoms with E-state index in [0.29, 0.717) is 12.0 Å². The van der Waals surface area contributed by atoms with Crippen molar-refractivity contribution in [3.05, 3.63) is 0 Å². The van der Waals surface area contributed by atoms with Gasteiger partial charge in [0, 0.05) is 24.8 Å². The second-order valence-electron chi connectivity index (χ2n) is 6.37. The zero-order chi connectivity index (χ0) is 13.8. The largest absolute Gasteiger partial charge is 0.381 e. The molecule has 0 spiro atoms. The molecule has 1 amide bonds. The molecule has 0 aromatic rings. The fourth-order valence-corrected chi connectivity index (χ4v) is 2.30. The quantitative estimate of drug-likeness (QED) is 0.805. The van der Waals surface area contributed by atoms with Crippen molar-refractivity contribution in [2.45, 2.75) is 65.1 Å². The lowest BCUT2D eigenvalue weighted by atomic mass is 9.92. The molecular formula is C14H28N2O2. The van der Waals surface area contributed by atoms with Gasteiger partial charge in [0.1, 0.15) is 0 Å². The standard InChI is InChI=1S/C14H28N2O2/c1-10(12-6-8-18-9-7-12)15-11(2)13(17)16-14(3,4)5/h10-12,15H,6-9H2,1-5H3,(H,16,17). The van der Waals surface area contributed by atoms with Crippen LogP contribution in [-0.4, -0.2) is 36.7 Å². The van der Waals surface area contributed by atoms with Gasteiger partial charge in [0.2, 0.25) is 5.91 Å². The van der Waals surface area contributed by atoms with Crippen LogP contribution in [-0.2, 0) is 9.53 Å². The van der Waals surface area contributed by atoms with Gasteiger partial charge in [-0.05, 0) is 53.4 Å². The van der Waals surface area contributed by atoms with E-state index in [4.69, 9.17) is 4.74 Å². The van der Waals surface area contributed by atoms with E-state index in [-0.39, 0.29) is 17.5 Å². The minimum atomic E-state index is -0.172. The molecule has 2 N–H and O–H groups in total. The van der Waals surface area contributed by atoms with Crippen LogP contribution in [0.2, 0.25) is 0 Å². The van der Waals surface area contributed by atoms with Crippen LogP contribution in [0.25, 0.3) is 0 Å². The summed E-state index contributed by atoms with van der Waals surface area (Å²) in [5, 5.41) is 6.41. The maximum absolute atomic E-state index is 12.0. The smallest absolute Gasteiger partial charge is 0.237 e. The lowest BCUT2D eigenvalue weighted by Gasteiger charge is -2.31. The maximum atomic E-state index is 12.0. The number of amides is 1. The Hall–Kier alpha value is -0.610. The number of ether oxygens (including phenoxy) is 1. The third-order valence-corrected chi connectivity index (χ3v) is 3.38. The van der Waals surface area contributed by atoms with Crippen LogP contribution in [0.5, 0.6) is 0 Å². The van der Waals surface area contributed by atoms with Gasteiger partial charge in [-0.15, -0.1) is 0 Å². The summed E-state index contributed by atoms with van der Waals surface area (Å²) in [6, 6.07) is 0.205. The average molecular weight is 256 g/mol. The molecule has 0 aliphatic carbocycles. The van der Waals surface area contributed by atoms with Crippen molar-refractivity contribution in [3.8, 4) is 0 Å². The lowest BCUT2D eigenvalue weighted by Crippen LogP contribution is -2.52. The third kappa shape index (κ3) is 5.36. The minimum Gasteiger partial charge on any atom is -0.381 e. The van der Waals surface area contributed by atoms with Crippen LogP contribution in [0.15, 0.2) is 0 Å². The van der Waals surface area contributed by atoms with E-state index >= 15 is 0 Å². The highest BCUT2D eigenvalue weighted by atomic mass is 16.5. The van der Waals surface area contributed by atoms with Gasteiger partial charge in [0.15, 0.2) is 0 Å². The Morgan fingerprint density at radius 2 is 1.78 bits per heavy atom. The minimum absolute atomic E-state index is 0.0707.